The van der Waals surface area contributed by atoms with Crippen molar-refractivity contribution in [2.24, 2.45) is 0 Å². The number of rotatable bonds is 1. The maximum absolute atomic E-state index is 7.32. The van der Waals surface area contributed by atoms with Gasteiger partial charge in [-0.1, -0.05) is 161 Å². The molecule has 4 heteroatoms. The van der Waals surface area contributed by atoms with Gasteiger partial charge in [-0.3, -0.25) is 4.90 Å². The Morgan fingerprint density at radius 3 is 1.85 bits per heavy atom. The summed E-state index contributed by atoms with van der Waals surface area (Å²) in [6, 6.07) is 60.1. The smallest absolute Gasteiger partial charge is 0.337 e. The second-order valence-electron chi connectivity index (χ2n) is 19.8. The van der Waals surface area contributed by atoms with Crippen molar-refractivity contribution in [3.8, 4) is 22.3 Å². The Morgan fingerprint density at radius 2 is 1.10 bits per heavy atom. The summed E-state index contributed by atoms with van der Waals surface area (Å²) in [5.41, 5.74) is 22.8. The van der Waals surface area contributed by atoms with Crippen LogP contribution in [0.2, 0.25) is 0 Å². The molecule has 3 aliphatic heterocycles. The summed E-state index contributed by atoms with van der Waals surface area (Å²) in [5, 5.41) is 3.68. The number of para-hydroxylation sites is 3. The lowest BCUT2D eigenvalue weighted by Crippen LogP contribution is -2.63. The molecule has 0 unspecified atom stereocenters. The molecule has 296 valence electrons. The van der Waals surface area contributed by atoms with Gasteiger partial charge >= 0.3 is 6.85 Å². The van der Waals surface area contributed by atoms with Gasteiger partial charge in [0, 0.05) is 33.5 Å². The minimum Gasteiger partial charge on any atom is -0.440 e. The van der Waals surface area contributed by atoms with Crippen molar-refractivity contribution in [3.63, 3.8) is 0 Å². The van der Waals surface area contributed by atoms with E-state index < -0.39 is 5.41 Å². The Morgan fingerprint density at radius 1 is 0.500 bits per heavy atom. The van der Waals surface area contributed by atoms with Crippen LogP contribution in [-0.4, -0.2) is 6.85 Å². The summed E-state index contributed by atoms with van der Waals surface area (Å²) in [6.45, 7) is 11.9. The van der Waals surface area contributed by atoms with Crippen molar-refractivity contribution in [1.82, 2.24) is 0 Å². The van der Waals surface area contributed by atoms with Gasteiger partial charge in [0.2, 0.25) is 5.88 Å². The summed E-state index contributed by atoms with van der Waals surface area (Å²) in [6.07, 6.45) is 2.34. The van der Waals surface area contributed by atoms with E-state index in [1.165, 1.54) is 112 Å². The van der Waals surface area contributed by atoms with Crippen LogP contribution >= 0.6 is 0 Å². The second kappa shape index (κ2) is 11.6. The molecule has 0 bridgehead atoms. The molecule has 0 N–H and O–H groups in total. The van der Waals surface area contributed by atoms with Gasteiger partial charge in [0.25, 0.3) is 0 Å². The molecule has 0 atom stereocenters. The van der Waals surface area contributed by atoms with Crippen molar-refractivity contribution in [1.29, 1.82) is 0 Å². The fraction of sp³-hybridized carbons (Fsp3) is 0.172. The summed E-state index contributed by atoms with van der Waals surface area (Å²) in [7, 11) is 0. The van der Waals surface area contributed by atoms with E-state index in [1.54, 1.807) is 0 Å². The van der Waals surface area contributed by atoms with Crippen molar-refractivity contribution in [3.05, 3.63) is 197 Å². The van der Waals surface area contributed by atoms with Crippen molar-refractivity contribution in [2.75, 3.05) is 9.71 Å². The number of benzene rings is 8. The molecule has 0 saturated heterocycles. The fourth-order valence-electron chi connectivity index (χ4n) is 12.9. The molecule has 0 amide bonds. The standard InChI is InChI=1S/C58H45BN2O/c1-34-31-45-46(57(4,5)30-29-56(45,2)3)33-48(34)60-49-32-35-17-6-7-18-36(35)51-40-22-16-26-44-54(40)61(59(53(49)51)52-39-21-10-15-28-50(39)62-55(52)60)47-27-14-13-25-43(47)58(44)41-23-11-8-19-37(41)38-20-9-12-24-42(38)58/h6-28,31-33H,29-30H2,1-5H3. The molecule has 5 aliphatic rings. The van der Waals surface area contributed by atoms with Gasteiger partial charge in [-0.25, -0.2) is 0 Å². The van der Waals surface area contributed by atoms with Crippen molar-refractivity contribution in [2.45, 2.75) is 63.7 Å². The van der Waals surface area contributed by atoms with E-state index >= 15 is 0 Å². The molecule has 4 heterocycles. The van der Waals surface area contributed by atoms with Crippen LogP contribution in [-0.2, 0) is 16.2 Å². The maximum Gasteiger partial charge on any atom is 0.337 e. The summed E-state index contributed by atoms with van der Waals surface area (Å²) in [4.78, 5) is 5.24. The molecule has 8 aromatic carbocycles. The van der Waals surface area contributed by atoms with Crippen LogP contribution in [0.1, 0.15) is 79.5 Å². The van der Waals surface area contributed by atoms with Crippen LogP contribution in [0.3, 0.4) is 0 Å². The summed E-state index contributed by atoms with van der Waals surface area (Å²) in [5.74, 6) is 0.913. The van der Waals surface area contributed by atoms with Crippen LogP contribution in [0, 0.1) is 6.92 Å². The summed E-state index contributed by atoms with van der Waals surface area (Å²) >= 11 is 0. The third-order valence-electron chi connectivity index (χ3n) is 15.8. The Labute approximate surface area is 363 Å². The molecule has 2 aliphatic carbocycles. The van der Waals surface area contributed by atoms with Gasteiger partial charge in [0.05, 0.1) is 11.1 Å². The number of hydrogen-bond donors (Lipinski definition) is 0. The van der Waals surface area contributed by atoms with Crippen LogP contribution in [0.15, 0.2) is 162 Å². The first-order valence-electron chi connectivity index (χ1n) is 22.4. The number of hydrogen-bond acceptors (Lipinski definition) is 3. The quantitative estimate of drug-likeness (QED) is 0.154. The predicted octanol–water partition coefficient (Wildman–Crippen LogP) is 13.6. The van der Waals surface area contributed by atoms with E-state index in [2.05, 4.69) is 202 Å². The molecule has 1 aromatic heterocycles. The van der Waals surface area contributed by atoms with Gasteiger partial charge < -0.3 is 9.23 Å². The minimum absolute atomic E-state index is 0.0471. The zero-order valence-corrected chi connectivity index (χ0v) is 35.8. The monoisotopic (exact) mass is 796 g/mol. The lowest BCUT2D eigenvalue weighted by Gasteiger charge is -2.52. The zero-order valence-electron chi connectivity index (χ0n) is 35.8. The highest BCUT2D eigenvalue weighted by molar-refractivity contribution is 6.95. The molecular weight excluding hydrogens is 751 g/mol. The minimum atomic E-state index is -0.501. The van der Waals surface area contributed by atoms with Crippen LogP contribution in [0.4, 0.5) is 28.6 Å². The lowest BCUT2D eigenvalue weighted by atomic mass is 9.42. The van der Waals surface area contributed by atoms with Crippen LogP contribution in [0.25, 0.3) is 44.0 Å². The molecule has 3 nitrogen and oxygen atoms in total. The first-order valence-corrected chi connectivity index (χ1v) is 22.4. The van der Waals surface area contributed by atoms with E-state index in [-0.39, 0.29) is 17.7 Å². The third-order valence-corrected chi connectivity index (χ3v) is 15.8. The molecule has 0 radical (unpaired) electrons. The predicted molar refractivity (Wildman–Crippen MR) is 258 cm³/mol. The Bertz CT molecular complexity index is 3430. The molecule has 0 fully saturated rings. The fourth-order valence-corrected chi connectivity index (χ4v) is 12.9. The van der Waals surface area contributed by atoms with E-state index in [0.717, 1.165) is 23.3 Å². The van der Waals surface area contributed by atoms with Gasteiger partial charge in [-0.2, -0.15) is 0 Å². The lowest BCUT2D eigenvalue weighted by molar-refractivity contribution is 0.332. The Hall–Kier alpha value is -6.78. The maximum atomic E-state index is 7.32. The number of aryl methyl sites for hydroxylation is 1. The topological polar surface area (TPSA) is 19.6 Å². The largest absolute Gasteiger partial charge is 0.440 e. The zero-order chi connectivity index (χ0) is 41.4. The van der Waals surface area contributed by atoms with Gasteiger partial charge in [0.1, 0.15) is 5.58 Å². The van der Waals surface area contributed by atoms with Crippen LogP contribution in [0.5, 0.6) is 0 Å². The van der Waals surface area contributed by atoms with E-state index in [4.69, 9.17) is 4.42 Å². The van der Waals surface area contributed by atoms with Crippen molar-refractivity contribution >= 4 is 68.1 Å². The Kier molecular flexibility index (Phi) is 6.51. The van der Waals surface area contributed by atoms with Gasteiger partial charge in [0.15, 0.2) is 0 Å². The molecule has 14 rings (SSSR count). The second-order valence-corrected chi connectivity index (χ2v) is 19.8. The Balaban J connectivity index is 1.16. The average Bonchev–Trinajstić information content (AvgIpc) is 3.82. The van der Waals surface area contributed by atoms with Crippen molar-refractivity contribution < 1.29 is 4.42 Å². The molecule has 9 aromatic rings. The van der Waals surface area contributed by atoms with Crippen LogP contribution < -0.4 is 20.6 Å². The molecule has 1 spiro atoms. The number of fused-ring (bicyclic) bond motifs is 18. The number of furan rings is 1. The molecule has 0 saturated carbocycles. The van der Waals surface area contributed by atoms with Gasteiger partial charge in [-0.05, 0) is 127 Å². The highest BCUT2D eigenvalue weighted by Crippen LogP contribution is 2.65. The molecule has 62 heavy (non-hydrogen) atoms. The average molecular weight is 797 g/mol. The third kappa shape index (κ3) is 4.05. The normalized spacial score (nSPS) is 17.3. The SMILES string of the molecule is Cc1cc2c(cc1N1c3cc4ccccc4c4c3B(c3c1oc1ccccc31)N1c3ccccc3C3(c5ccccc5-c5ccccc53)c3cccc-4c31)C(C)(C)CCC2(C)C. The highest BCUT2D eigenvalue weighted by atomic mass is 16.4. The number of nitrogens with zero attached hydrogens (tertiary/aromatic N) is 2. The summed E-state index contributed by atoms with van der Waals surface area (Å²) < 4.78 is 7.32. The molecular formula is C58H45BN2O. The first kappa shape index (κ1) is 34.9. The van der Waals surface area contributed by atoms with E-state index in [1.807, 2.05) is 0 Å². The number of anilines is 5. The van der Waals surface area contributed by atoms with E-state index in [9.17, 15) is 0 Å². The van der Waals surface area contributed by atoms with E-state index in [0.29, 0.717) is 0 Å². The first-order chi connectivity index (χ1) is 30.2. The highest BCUT2D eigenvalue weighted by Gasteiger charge is 2.57. The van der Waals surface area contributed by atoms with Gasteiger partial charge in [-0.15, -0.1) is 0 Å².